The van der Waals surface area contributed by atoms with Crippen molar-refractivity contribution in [2.24, 2.45) is 5.14 Å². The van der Waals surface area contributed by atoms with Crippen molar-refractivity contribution in [2.75, 3.05) is 0 Å². The van der Waals surface area contributed by atoms with E-state index in [1.807, 2.05) is 0 Å². The highest BCUT2D eigenvalue weighted by atomic mass is 32.2. The molecule has 6 nitrogen and oxygen atoms in total. The van der Waals surface area contributed by atoms with Gasteiger partial charge in [0, 0.05) is 11.1 Å². The number of nitrogens with zero attached hydrogens (tertiary/aromatic N) is 3. The summed E-state index contributed by atoms with van der Waals surface area (Å²) in [6, 6.07) is 10.6. The molecule has 0 saturated carbocycles. The van der Waals surface area contributed by atoms with Crippen LogP contribution in [0.2, 0.25) is 0 Å². The van der Waals surface area contributed by atoms with Crippen LogP contribution in [0.15, 0.2) is 65.7 Å². The smallest absolute Gasteiger partial charge is 0.227 e. The second-order valence-electron chi connectivity index (χ2n) is 7.06. The minimum absolute atomic E-state index is 0.0137. The van der Waals surface area contributed by atoms with Gasteiger partial charge >= 0.3 is 6.18 Å². The van der Waals surface area contributed by atoms with Crippen molar-refractivity contribution in [2.45, 2.75) is 17.5 Å². The number of nitrogens with two attached hydrogens (primary N) is 1. The standard InChI is InChI=1S/C22H13F5N4O2S/c23-20(24)19-11-18(14-4-2-5-16(10-14)22(25,26)27)30-21-15(12-29-31(19)21)8-7-13-3-1-6-17(9-13)34(28,32)33/h1-6,9-12,20H,(H2,28,32,33). The van der Waals surface area contributed by atoms with Gasteiger partial charge in [0.15, 0.2) is 5.65 Å². The number of primary sulfonamides is 1. The van der Waals surface area contributed by atoms with Gasteiger partial charge in [0.1, 0.15) is 5.69 Å². The van der Waals surface area contributed by atoms with Crippen LogP contribution in [0.25, 0.3) is 16.9 Å². The molecule has 12 heteroatoms. The Morgan fingerprint density at radius 1 is 1.00 bits per heavy atom. The molecular weight excluding hydrogens is 479 g/mol. The second kappa shape index (κ2) is 8.51. The van der Waals surface area contributed by atoms with E-state index in [-0.39, 0.29) is 32.9 Å². The number of halogens is 5. The molecule has 2 N–H and O–H groups in total. The van der Waals surface area contributed by atoms with Gasteiger partial charge in [0.05, 0.1) is 27.9 Å². The molecule has 0 bridgehead atoms. The number of hydrogen-bond donors (Lipinski definition) is 1. The predicted octanol–water partition coefficient (Wildman–Crippen LogP) is 4.40. The second-order valence-corrected chi connectivity index (χ2v) is 8.62. The van der Waals surface area contributed by atoms with E-state index in [2.05, 4.69) is 21.9 Å². The average Bonchev–Trinajstić information content (AvgIpc) is 3.19. The molecule has 0 spiro atoms. The summed E-state index contributed by atoms with van der Waals surface area (Å²) in [7, 11) is -3.96. The van der Waals surface area contributed by atoms with Crippen LogP contribution < -0.4 is 5.14 Å². The number of fused-ring (bicyclic) bond motifs is 1. The van der Waals surface area contributed by atoms with E-state index in [1.165, 1.54) is 36.5 Å². The molecule has 0 aliphatic carbocycles. The van der Waals surface area contributed by atoms with E-state index in [0.29, 0.717) is 0 Å². The Balaban J connectivity index is 1.85. The van der Waals surface area contributed by atoms with Crippen molar-refractivity contribution in [1.82, 2.24) is 14.6 Å². The lowest BCUT2D eigenvalue weighted by molar-refractivity contribution is -0.137. The summed E-state index contributed by atoms with van der Waals surface area (Å²) in [6.07, 6.45) is -6.44. The first-order valence-electron chi connectivity index (χ1n) is 9.43. The molecule has 2 aromatic heterocycles. The molecule has 0 atom stereocenters. The van der Waals surface area contributed by atoms with E-state index in [4.69, 9.17) is 5.14 Å². The molecule has 0 aliphatic heterocycles. The van der Waals surface area contributed by atoms with Crippen molar-refractivity contribution in [3.8, 4) is 23.1 Å². The zero-order valence-corrected chi connectivity index (χ0v) is 17.7. The summed E-state index contributed by atoms with van der Waals surface area (Å²) in [5.74, 6) is 5.38. The van der Waals surface area contributed by atoms with Crippen molar-refractivity contribution in [3.63, 3.8) is 0 Å². The lowest BCUT2D eigenvalue weighted by atomic mass is 10.1. The van der Waals surface area contributed by atoms with Gasteiger partial charge in [-0.05, 0) is 36.4 Å². The molecule has 34 heavy (non-hydrogen) atoms. The highest BCUT2D eigenvalue weighted by molar-refractivity contribution is 7.89. The molecule has 2 aromatic carbocycles. The first-order chi connectivity index (χ1) is 15.9. The highest BCUT2D eigenvalue weighted by Crippen LogP contribution is 2.33. The number of rotatable bonds is 3. The fourth-order valence-electron chi connectivity index (χ4n) is 3.12. The molecule has 0 unspecified atom stereocenters. The molecule has 0 amide bonds. The van der Waals surface area contributed by atoms with Gasteiger partial charge < -0.3 is 0 Å². The lowest BCUT2D eigenvalue weighted by Crippen LogP contribution is -2.11. The Hall–Kier alpha value is -3.82. The Morgan fingerprint density at radius 3 is 2.41 bits per heavy atom. The maximum atomic E-state index is 13.7. The summed E-state index contributed by atoms with van der Waals surface area (Å²) < 4.78 is 90.6. The van der Waals surface area contributed by atoms with E-state index in [9.17, 15) is 30.4 Å². The van der Waals surface area contributed by atoms with Gasteiger partial charge in [-0.1, -0.05) is 30.0 Å². The fourth-order valence-corrected chi connectivity index (χ4v) is 3.68. The summed E-state index contributed by atoms with van der Waals surface area (Å²) in [5.41, 5.74) is -1.38. The zero-order valence-electron chi connectivity index (χ0n) is 16.9. The van der Waals surface area contributed by atoms with Gasteiger partial charge in [-0.2, -0.15) is 18.3 Å². The quantitative estimate of drug-likeness (QED) is 0.339. The number of sulfonamides is 1. The molecule has 0 fully saturated rings. The number of alkyl halides is 5. The van der Waals surface area contributed by atoms with Crippen molar-refractivity contribution in [1.29, 1.82) is 0 Å². The largest absolute Gasteiger partial charge is 0.416 e. The third-order valence-corrected chi connectivity index (χ3v) is 5.62. The molecular formula is C22H13F5N4O2S. The van der Waals surface area contributed by atoms with Gasteiger partial charge in [-0.15, -0.1) is 0 Å². The molecule has 2 heterocycles. The third-order valence-electron chi connectivity index (χ3n) is 4.71. The highest BCUT2D eigenvalue weighted by Gasteiger charge is 2.30. The molecule has 0 radical (unpaired) electrons. The fraction of sp³-hybridized carbons (Fsp3) is 0.0909. The lowest BCUT2D eigenvalue weighted by Gasteiger charge is -2.10. The van der Waals surface area contributed by atoms with E-state index >= 15 is 0 Å². The first kappa shape index (κ1) is 23.3. The van der Waals surface area contributed by atoms with Gasteiger partial charge in [-0.25, -0.2) is 31.8 Å². The van der Waals surface area contributed by atoms with E-state index in [0.717, 1.165) is 28.8 Å². The SMILES string of the molecule is NS(=O)(=O)c1cccc(C#Cc2cnn3c(C(F)F)cc(-c4cccc(C(F)(F)F)c4)nc23)c1. The van der Waals surface area contributed by atoms with Gasteiger partial charge in [-0.3, -0.25) is 0 Å². The van der Waals surface area contributed by atoms with Gasteiger partial charge in [0.25, 0.3) is 6.43 Å². The summed E-state index contributed by atoms with van der Waals surface area (Å²) in [4.78, 5) is 4.06. The van der Waals surface area contributed by atoms with Crippen LogP contribution in [0.5, 0.6) is 0 Å². The Labute approximate surface area is 189 Å². The van der Waals surface area contributed by atoms with Crippen LogP contribution in [0, 0.1) is 11.8 Å². The number of benzene rings is 2. The van der Waals surface area contributed by atoms with Crippen molar-refractivity contribution < 1.29 is 30.4 Å². The van der Waals surface area contributed by atoms with Crippen LogP contribution in [-0.4, -0.2) is 23.0 Å². The summed E-state index contributed by atoms with van der Waals surface area (Å²) in [5, 5.41) is 8.98. The first-order valence-corrected chi connectivity index (χ1v) is 11.0. The van der Waals surface area contributed by atoms with Crippen molar-refractivity contribution >= 4 is 15.7 Å². The Bertz CT molecular complexity index is 1570. The minimum atomic E-state index is -4.62. The molecule has 0 aliphatic rings. The Morgan fingerprint density at radius 2 is 1.74 bits per heavy atom. The van der Waals surface area contributed by atoms with E-state index in [1.54, 1.807) is 0 Å². The van der Waals surface area contributed by atoms with Crippen LogP contribution in [0.4, 0.5) is 22.0 Å². The van der Waals surface area contributed by atoms with E-state index < -0.39 is 33.9 Å². The van der Waals surface area contributed by atoms with Crippen LogP contribution >= 0.6 is 0 Å². The topological polar surface area (TPSA) is 90.4 Å². The van der Waals surface area contributed by atoms with Crippen molar-refractivity contribution in [3.05, 3.63) is 83.2 Å². The van der Waals surface area contributed by atoms with Crippen LogP contribution in [-0.2, 0) is 16.2 Å². The monoisotopic (exact) mass is 492 g/mol. The summed E-state index contributed by atoms with van der Waals surface area (Å²) in [6.45, 7) is 0. The molecule has 4 aromatic rings. The third kappa shape index (κ3) is 4.75. The average molecular weight is 492 g/mol. The molecule has 174 valence electrons. The summed E-state index contributed by atoms with van der Waals surface area (Å²) >= 11 is 0. The van der Waals surface area contributed by atoms with Crippen LogP contribution in [0.3, 0.4) is 0 Å². The Kier molecular flexibility index (Phi) is 5.84. The van der Waals surface area contributed by atoms with Crippen LogP contribution in [0.1, 0.15) is 28.8 Å². The number of aromatic nitrogens is 3. The molecule has 4 rings (SSSR count). The maximum Gasteiger partial charge on any atom is 0.416 e. The number of hydrogen-bond acceptors (Lipinski definition) is 4. The normalized spacial score (nSPS) is 12.1. The molecule has 0 saturated heterocycles. The maximum absolute atomic E-state index is 13.7. The predicted molar refractivity (Wildman–Crippen MR) is 112 cm³/mol. The minimum Gasteiger partial charge on any atom is -0.227 e. The van der Waals surface area contributed by atoms with Gasteiger partial charge in [0.2, 0.25) is 10.0 Å². The zero-order chi connectivity index (χ0) is 24.7.